The Morgan fingerprint density at radius 3 is 2.67 bits per heavy atom. The van der Waals surface area contributed by atoms with Gasteiger partial charge >= 0.3 is 6.03 Å². The van der Waals surface area contributed by atoms with Crippen LogP contribution < -0.4 is 10.6 Å². The van der Waals surface area contributed by atoms with E-state index in [1.165, 1.54) is 11.3 Å². The van der Waals surface area contributed by atoms with Gasteiger partial charge in [-0.2, -0.15) is 0 Å². The fourth-order valence-electron chi connectivity index (χ4n) is 1.88. The summed E-state index contributed by atoms with van der Waals surface area (Å²) in [5, 5.41) is 6.07. The van der Waals surface area contributed by atoms with E-state index >= 15 is 0 Å². The number of rotatable bonds is 2. The van der Waals surface area contributed by atoms with E-state index in [1.54, 1.807) is 24.3 Å². The summed E-state index contributed by atoms with van der Waals surface area (Å²) in [6, 6.07) is 12.2. The molecule has 21 heavy (non-hydrogen) atoms. The Bertz CT molecular complexity index is 872. The molecule has 0 bridgehead atoms. The first kappa shape index (κ1) is 14.1. The summed E-state index contributed by atoms with van der Waals surface area (Å²) in [7, 11) is 0. The molecule has 0 fully saturated rings. The van der Waals surface area contributed by atoms with Gasteiger partial charge in [0.1, 0.15) is 0 Å². The second-order valence-corrected chi connectivity index (χ2v) is 6.47. The molecule has 2 aromatic carbocycles. The van der Waals surface area contributed by atoms with Crippen molar-refractivity contribution in [1.29, 1.82) is 0 Å². The molecule has 0 saturated heterocycles. The zero-order chi connectivity index (χ0) is 14.8. The lowest BCUT2D eigenvalue weighted by molar-refractivity contribution is 0.262. The first-order valence-corrected chi connectivity index (χ1v) is 7.67. The van der Waals surface area contributed by atoms with Gasteiger partial charge in [-0.1, -0.05) is 17.7 Å². The number of aromatic nitrogens is 1. The average molecular weight is 336 g/mol. The number of hydrogen-bond acceptors (Lipinski definition) is 3. The molecule has 7 heteroatoms. The molecule has 0 aliphatic heterocycles. The summed E-state index contributed by atoms with van der Waals surface area (Å²) in [5.74, 6) is 0. The minimum Gasteiger partial charge on any atom is -0.337 e. The smallest absolute Gasteiger partial charge is 0.323 e. The molecule has 1 aromatic heterocycles. The second-order valence-electron chi connectivity index (χ2n) is 4.31. The fraction of sp³-hybridized carbons (Fsp3) is 0. The number of carbonyl (C=O) groups is 1. The van der Waals surface area contributed by atoms with Crippen LogP contribution in [-0.4, -0.2) is 11.0 Å². The minimum absolute atomic E-state index is 0.323. The largest absolute Gasteiger partial charge is 0.337 e. The van der Waals surface area contributed by atoms with Crippen LogP contribution in [0.5, 0.6) is 0 Å². The Balaban J connectivity index is 1.75. The number of hydrogen-bond donors (Lipinski definition) is 3. The van der Waals surface area contributed by atoms with Crippen molar-refractivity contribution in [2.24, 2.45) is 0 Å². The average Bonchev–Trinajstić information content (AvgIpc) is 2.78. The summed E-state index contributed by atoms with van der Waals surface area (Å²) in [6.07, 6.45) is 0. The highest BCUT2D eigenvalue weighted by Gasteiger charge is 2.05. The topological polar surface area (TPSA) is 56.9 Å². The predicted molar refractivity (Wildman–Crippen MR) is 91.1 cm³/mol. The van der Waals surface area contributed by atoms with Gasteiger partial charge in [0, 0.05) is 16.4 Å². The number of halogens is 1. The van der Waals surface area contributed by atoms with E-state index in [9.17, 15) is 4.79 Å². The normalized spacial score (nSPS) is 10.5. The number of benzene rings is 2. The molecule has 3 N–H and O–H groups in total. The maximum absolute atomic E-state index is 11.9. The third-order valence-corrected chi connectivity index (χ3v) is 4.19. The minimum atomic E-state index is -0.323. The highest BCUT2D eigenvalue weighted by molar-refractivity contribution is 7.73. The molecular formula is C14H10ClN3OS2. The molecule has 0 spiro atoms. The van der Waals surface area contributed by atoms with Gasteiger partial charge in [-0.15, -0.1) is 11.3 Å². The first-order chi connectivity index (χ1) is 10.1. The molecule has 0 atom stereocenters. The Morgan fingerprint density at radius 1 is 1.14 bits per heavy atom. The van der Waals surface area contributed by atoms with Crippen LogP contribution in [0.3, 0.4) is 0 Å². The molecule has 1 heterocycles. The van der Waals surface area contributed by atoms with E-state index in [4.69, 9.17) is 23.8 Å². The number of thiazole rings is 1. The van der Waals surface area contributed by atoms with Crippen LogP contribution in [0, 0.1) is 3.95 Å². The van der Waals surface area contributed by atoms with Crippen LogP contribution >= 0.6 is 35.2 Å². The van der Waals surface area contributed by atoms with Crippen LogP contribution in [-0.2, 0) is 0 Å². The van der Waals surface area contributed by atoms with Crippen molar-refractivity contribution in [2.45, 2.75) is 0 Å². The van der Waals surface area contributed by atoms with Gasteiger partial charge in [0.15, 0.2) is 3.95 Å². The predicted octanol–water partition coefficient (Wildman–Crippen LogP) is 5.26. The van der Waals surface area contributed by atoms with Crippen molar-refractivity contribution in [3.8, 4) is 0 Å². The van der Waals surface area contributed by atoms with E-state index in [0.29, 0.717) is 20.4 Å². The quantitative estimate of drug-likeness (QED) is 0.560. The maximum atomic E-state index is 11.9. The third kappa shape index (κ3) is 3.41. The molecule has 0 aliphatic rings. The monoisotopic (exact) mass is 335 g/mol. The molecule has 0 saturated carbocycles. The van der Waals surface area contributed by atoms with E-state index in [1.807, 2.05) is 18.2 Å². The van der Waals surface area contributed by atoms with Crippen molar-refractivity contribution in [2.75, 3.05) is 10.6 Å². The lowest BCUT2D eigenvalue weighted by Crippen LogP contribution is -2.19. The highest BCUT2D eigenvalue weighted by Crippen LogP contribution is 2.23. The maximum Gasteiger partial charge on any atom is 0.323 e. The molecule has 3 aromatic rings. The third-order valence-electron chi connectivity index (χ3n) is 2.76. The number of anilines is 2. The van der Waals surface area contributed by atoms with E-state index in [2.05, 4.69) is 15.6 Å². The van der Waals surface area contributed by atoms with Gasteiger partial charge in [0.2, 0.25) is 0 Å². The summed E-state index contributed by atoms with van der Waals surface area (Å²) in [5.41, 5.74) is 2.30. The Labute approximate surface area is 134 Å². The van der Waals surface area contributed by atoms with Crippen molar-refractivity contribution >= 4 is 62.8 Å². The molecule has 0 radical (unpaired) electrons. The number of amides is 2. The fourth-order valence-corrected chi connectivity index (χ4v) is 3.23. The summed E-state index contributed by atoms with van der Waals surface area (Å²) >= 11 is 12.4. The van der Waals surface area contributed by atoms with E-state index in [-0.39, 0.29) is 6.03 Å². The molecular weight excluding hydrogens is 326 g/mol. The molecule has 3 rings (SSSR count). The SMILES string of the molecule is O=C(Nc1cccc(Cl)c1)Nc1ccc2[nH]c(=S)sc2c1. The van der Waals surface area contributed by atoms with Gasteiger partial charge in [0.25, 0.3) is 0 Å². The molecule has 106 valence electrons. The van der Waals surface area contributed by atoms with Crippen molar-refractivity contribution in [1.82, 2.24) is 4.98 Å². The van der Waals surface area contributed by atoms with Crippen LogP contribution in [0.25, 0.3) is 10.2 Å². The van der Waals surface area contributed by atoms with E-state index in [0.717, 1.165) is 10.2 Å². The number of carbonyl (C=O) groups excluding carboxylic acids is 1. The van der Waals surface area contributed by atoms with Crippen LogP contribution in [0.1, 0.15) is 0 Å². The lowest BCUT2D eigenvalue weighted by atomic mass is 10.3. The van der Waals surface area contributed by atoms with Gasteiger partial charge < -0.3 is 15.6 Å². The molecule has 4 nitrogen and oxygen atoms in total. The van der Waals surface area contributed by atoms with Crippen molar-refractivity contribution < 1.29 is 4.79 Å². The Morgan fingerprint density at radius 2 is 1.90 bits per heavy atom. The van der Waals surface area contributed by atoms with E-state index < -0.39 is 0 Å². The highest BCUT2D eigenvalue weighted by atomic mass is 35.5. The van der Waals surface area contributed by atoms with Crippen LogP contribution in [0.15, 0.2) is 42.5 Å². The number of H-pyrrole nitrogens is 1. The molecule has 0 unspecified atom stereocenters. The van der Waals surface area contributed by atoms with Crippen LogP contribution in [0.2, 0.25) is 5.02 Å². The number of urea groups is 1. The Kier molecular flexibility index (Phi) is 3.92. The number of fused-ring (bicyclic) bond motifs is 1. The second kappa shape index (κ2) is 5.85. The van der Waals surface area contributed by atoms with Gasteiger partial charge in [-0.3, -0.25) is 0 Å². The standard InChI is InChI=1S/C14H10ClN3OS2/c15-8-2-1-3-9(6-8)16-13(19)17-10-4-5-11-12(7-10)21-14(20)18-11/h1-7H,(H,18,20)(H2,16,17,19). The van der Waals surface area contributed by atoms with Gasteiger partial charge in [-0.05, 0) is 48.6 Å². The zero-order valence-corrected chi connectivity index (χ0v) is 13.0. The van der Waals surface area contributed by atoms with Gasteiger partial charge in [-0.25, -0.2) is 4.79 Å². The summed E-state index contributed by atoms with van der Waals surface area (Å²) < 4.78 is 1.71. The Hall–Kier alpha value is -1.89. The summed E-state index contributed by atoms with van der Waals surface area (Å²) in [4.78, 5) is 15.0. The number of nitrogens with one attached hydrogen (secondary N) is 3. The zero-order valence-electron chi connectivity index (χ0n) is 10.6. The van der Waals surface area contributed by atoms with Gasteiger partial charge in [0.05, 0.1) is 10.2 Å². The van der Waals surface area contributed by atoms with Crippen molar-refractivity contribution in [3.63, 3.8) is 0 Å². The summed E-state index contributed by atoms with van der Waals surface area (Å²) in [6.45, 7) is 0. The number of aromatic amines is 1. The lowest BCUT2D eigenvalue weighted by Gasteiger charge is -2.07. The molecule has 0 aliphatic carbocycles. The molecule has 2 amide bonds. The van der Waals surface area contributed by atoms with Crippen LogP contribution in [0.4, 0.5) is 16.2 Å². The van der Waals surface area contributed by atoms with Crippen molar-refractivity contribution in [3.05, 3.63) is 51.4 Å². The first-order valence-electron chi connectivity index (χ1n) is 6.06.